The summed E-state index contributed by atoms with van der Waals surface area (Å²) in [5.74, 6) is 0.582. The lowest BCUT2D eigenvalue weighted by Gasteiger charge is -2.37. The Morgan fingerprint density at radius 2 is 2.14 bits per heavy atom. The van der Waals surface area contributed by atoms with Crippen LogP contribution in [0.3, 0.4) is 0 Å². The Balaban J connectivity index is 2.03. The fraction of sp³-hybridized carbons (Fsp3) is 1.00. The lowest BCUT2D eigenvalue weighted by Crippen LogP contribution is -2.33. The monoisotopic (exact) mass is 194 g/mol. The number of nitrogens with one attached hydrogen (secondary N) is 1. The summed E-state index contributed by atoms with van der Waals surface area (Å²) in [6.45, 7) is 2.86. The van der Waals surface area contributed by atoms with E-state index in [1.54, 1.807) is 0 Å². The predicted octanol–water partition coefficient (Wildman–Crippen LogP) is 2.47. The molecular weight excluding hydrogens is 176 g/mol. The molecule has 1 heterocycles. The van der Waals surface area contributed by atoms with Crippen LogP contribution in [-0.4, -0.2) is 19.6 Å². The van der Waals surface area contributed by atoms with Gasteiger partial charge >= 0.3 is 0 Å². The van der Waals surface area contributed by atoms with Crippen LogP contribution in [0, 0.1) is 11.3 Å². The Morgan fingerprint density at radius 1 is 1.36 bits per heavy atom. The van der Waals surface area contributed by atoms with Gasteiger partial charge in [-0.15, -0.1) is 0 Å². The molecule has 1 atom stereocenters. The second kappa shape index (κ2) is 4.20. The molecule has 1 N–H and O–H groups in total. The summed E-state index contributed by atoms with van der Waals surface area (Å²) in [5, 5.41) is 7.20. The van der Waals surface area contributed by atoms with Crippen LogP contribution >= 0.6 is 0 Å². The molecule has 0 aromatic heterocycles. The zero-order valence-electron chi connectivity index (χ0n) is 8.58. The average molecular weight is 194 g/mol. The van der Waals surface area contributed by atoms with E-state index in [0.29, 0.717) is 17.9 Å². The molecular formula is C10H18N4. The van der Waals surface area contributed by atoms with Gasteiger partial charge in [-0.2, -0.15) is 0 Å². The van der Waals surface area contributed by atoms with Crippen molar-refractivity contribution in [1.82, 2.24) is 5.32 Å². The van der Waals surface area contributed by atoms with Gasteiger partial charge in [0.05, 0.1) is 0 Å². The van der Waals surface area contributed by atoms with Crippen LogP contribution in [-0.2, 0) is 0 Å². The molecule has 2 aliphatic rings. The summed E-state index contributed by atoms with van der Waals surface area (Å²) < 4.78 is 0. The molecule has 0 amide bonds. The highest BCUT2D eigenvalue weighted by Crippen LogP contribution is 2.44. The highest BCUT2D eigenvalue weighted by molar-refractivity contribution is 4.97. The molecule has 1 spiro atoms. The predicted molar refractivity (Wildman–Crippen MR) is 55.9 cm³/mol. The number of rotatable bonds is 2. The van der Waals surface area contributed by atoms with Gasteiger partial charge < -0.3 is 5.32 Å². The molecule has 0 bridgehead atoms. The Morgan fingerprint density at radius 3 is 2.86 bits per heavy atom. The van der Waals surface area contributed by atoms with Gasteiger partial charge in [0.15, 0.2) is 0 Å². The second-order valence-electron chi connectivity index (χ2n) is 4.66. The fourth-order valence-electron chi connectivity index (χ4n) is 3.09. The zero-order valence-corrected chi connectivity index (χ0v) is 8.58. The van der Waals surface area contributed by atoms with E-state index >= 15 is 0 Å². The maximum Gasteiger partial charge on any atom is 0.0304 e. The molecule has 1 saturated carbocycles. The minimum absolute atomic E-state index is 0.465. The Bertz CT molecular complexity index is 239. The molecule has 1 unspecified atom stereocenters. The van der Waals surface area contributed by atoms with Gasteiger partial charge in [0.2, 0.25) is 0 Å². The Labute approximate surface area is 84.7 Å². The third kappa shape index (κ3) is 1.72. The molecule has 0 aromatic rings. The fourth-order valence-corrected chi connectivity index (χ4v) is 3.09. The van der Waals surface area contributed by atoms with E-state index in [2.05, 4.69) is 15.3 Å². The molecule has 1 saturated heterocycles. The number of hydrogen-bond donors (Lipinski definition) is 1. The molecule has 0 radical (unpaired) electrons. The molecule has 4 nitrogen and oxygen atoms in total. The van der Waals surface area contributed by atoms with Crippen molar-refractivity contribution >= 4 is 0 Å². The number of azide groups is 1. The van der Waals surface area contributed by atoms with E-state index in [9.17, 15) is 0 Å². The van der Waals surface area contributed by atoms with E-state index in [1.165, 1.54) is 32.1 Å². The van der Waals surface area contributed by atoms with Crippen LogP contribution in [0.15, 0.2) is 5.11 Å². The van der Waals surface area contributed by atoms with Crippen LogP contribution in [0.25, 0.3) is 10.4 Å². The minimum atomic E-state index is 0.465. The smallest absolute Gasteiger partial charge is 0.0304 e. The largest absolute Gasteiger partial charge is 0.316 e. The highest BCUT2D eigenvalue weighted by Gasteiger charge is 2.42. The number of nitrogens with zero attached hydrogens (tertiary/aromatic N) is 3. The first-order chi connectivity index (χ1) is 6.87. The lowest BCUT2D eigenvalue weighted by molar-refractivity contribution is 0.152. The second-order valence-corrected chi connectivity index (χ2v) is 4.66. The van der Waals surface area contributed by atoms with Crippen molar-refractivity contribution in [3.63, 3.8) is 0 Å². The van der Waals surface area contributed by atoms with Gasteiger partial charge in [0, 0.05) is 18.0 Å². The maximum absolute atomic E-state index is 8.35. The van der Waals surface area contributed by atoms with Crippen LogP contribution < -0.4 is 5.32 Å². The number of hydrogen-bond acceptors (Lipinski definition) is 2. The summed E-state index contributed by atoms with van der Waals surface area (Å²) in [4.78, 5) is 2.87. The maximum atomic E-state index is 8.35. The van der Waals surface area contributed by atoms with Crippen molar-refractivity contribution in [2.24, 2.45) is 16.4 Å². The van der Waals surface area contributed by atoms with Crippen LogP contribution in [0.2, 0.25) is 0 Å². The van der Waals surface area contributed by atoms with E-state index in [-0.39, 0.29) is 0 Å². The Kier molecular flexibility index (Phi) is 2.94. The van der Waals surface area contributed by atoms with Crippen molar-refractivity contribution in [3.05, 3.63) is 10.4 Å². The van der Waals surface area contributed by atoms with Crippen molar-refractivity contribution in [2.45, 2.75) is 32.1 Å². The SMILES string of the molecule is [N-]=[N+]=NCC1CNCC12CCCCC2. The van der Waals surface area contributed by atoms with Gasteiger partial charge in [0.1, 0.15) is 0 Å². The summed E-state index contributed by atoms with van der Waals surface area (Å²) in [6, 6.07) is 0. The minimum Gasteiger partial charge on any atom is -0.316 e. The van der Waals surface area contributed by atoms with Crippen LogP contribution in [0.1, 0.15) is 32.1 Å². The first kappa shape index (κ1) is 9.81. The van der Waals surface area contributed by atoms with Gasteiger partial charge in [-0.25, -0.2) is 0 Å². The molecule has 1 aliphatic carbocycles. The van der Waals surface area contributed by atoms with Gasteiger partial charge in [-0.05, 0) is 36.3 Å². The normalized spacial score (nSPS) is 30.1. The van der Waals surface area contributed by atoms with Crippen molar-refractivity contribution in [1.29, 1.82) is 0 Å². The first-order valence-electron chi connectivity index (χ1n) is 5.59. The van der Waals surface area contributed by atoms with Gasteiger partial charge in [0.25, 0.3) is 0 Å². The van der Waals surface area contributed by atoms with E-state index in [1.807, 2.05) is 0 Å². The molecule has 78 valence electrons. The third-order valence-corrected chi connectivity index (χ3v) is 3.95. The zero-order chi connectivity index (χ0) is 9.86. The van der Waals surface area contributed by atoms with Crippen molar-refractivity contribution in [3.8, 4) is 0 Å². The Hall–Kier alpha value is -0.730. The molecule has 14 heavy (non-hydrogen) atoms. The third-order valence-electron chi connectivity index (χ3n) is 3.95. The molecule has 1 aliphatic heterocycles. The van der Waals surface area contributed by atoms with Crippen LogP contribution in [0.5, 0.6) is 0 Å². The van der Waals surface area contributed by atoms with Crippen molar-refractivity contribution < 1.29 is 0 Å². The quantitative estimate of drug-likeness (QED) is 0.409. The summed E-state index contributed by atoms with van der Waals surface area (Å²) in [6.07, 6.45) is 6.75. The van der Waals surface area contributed by atoms with Gasteiger partial charge in [-0.1, -0.05) is 24.4 Å². The van der Waals surface area contributed by atoms with E-state index in [4.69, 9.17) is 5.53 Å². The summed E-state index contributed by atoms with van der Waals surface area (Å²) >= 11 is 0. The van der Waals surface area contributed by atoms with Crippen LogP contribution in [0.4, 0.5) is 0 Å². The molecule has 2 rings (SSSR count). The first-order valence-corrected chi connectivity index (χ1v) is 5.59. The van der Waals surface area contributed by atoms with Gasteiger partial charge in [-0.3, -0.25) is 0 Å². The van der Waals surface area contributed by atoms with E-state index < -0.39 is 0 Å². The molecule has 2 fully saturated rings. The summed E-state index contributed by atoms with van der Waals surface area (Å²) in [7, 11) is 0. The van der Waals surface area contributed by atoms with E-state index in [0.717, 1.165) is 13.1 Å². The molecule has 0 aromatic carbocycles. The highest BCUT2D eigenvalue weighted by atomic mass is 15.1. The standard InChI is InChI=1S/C10H18N4/c11-14-13-7-9-6-12-8-10(9)4-2-1-3-5-10/h9,12H,1-8H2. The van der Waals surface area contributed by atoms with Crippen molar-refractivity contribution in [2.75, 3.05) is 19.6 Å². The lowest BCUT2D eigenvalue weighted by atomic mass is 9.68. The topological polar surface area (TPSA) is 60.8 Å². The summed E-state index contributed by atoms with van der Waals surface area (Å²) in [5.41, 5.74) is 8.82. The molecule has 4 heteroatoms. The average Bonchev–Trinajstić information content (AvgIpc) is 2.59.